The van der Waals surface area contributed by atoms with Crippen LogP contribution in [0.5, 0.6) is 11.5 Å². The van der Waals surface area contributed by atoms with Crippen LogP contribution in [0.1, 0.15) is 79.1 Å². The van der Waals surface area contributed by atoms with Crippen molar-refractivity contribution < 1.29 is 19.5 Å². The van der Waals surface area contributed by atoms with Gasteiger partial charge in [-0.25, -0.2) is 0 Å². The van der Waals surface area contributed by atoms with E-state index >= 15 is 0 Å². The highest BCUT2D eigenvalue weighted by Crippen LogP contribution is 2.29. The molecule has 2 unspecified atom stereocenters. The van der Waals surface area contributed by atoms with Gasteiger partial charge in [-0.05, 0) is 82.7 Å². The molecule has 0 heterocycles. The maximum Gasteiger partial charge on any atom is 0.488 e. The average Bonchev–Trinajstić information content (AvgIpc) is 2.97. The molecule has 0 aromatic heterocycles. The second-order valence-electron chi connectivity index (χ2n) is 10.7. The van der Waals surface area contributed by atoms with Crippen molar-refractivity contribution >= 4 is 12.6 Å². The third-order valence-corrected chi connectivity index (χ3v) is 7.69. The Hall–Kier alpha value is -2.76. The topological polar surface area (TPSA) is 58.9 Å². The van der Waals surface area contributed by atoms with Crippen LogP contribution in [-0.2, 0) is 0 Å². The van der Waals surface area contributed by atoms with Gasteiger partial charge in [0.25, 0.3) is 0 Å². The predicted molar refractivity (Wildman–Crippen MR) is 165 cm³/mol. The summed E-state index contributed by atoms with van der Waals surface area (Å²) in [5, 5.41) is 20.0. The van der Waals surface area contributed by atoms with E-state index in [9.17, 15) is 10.0 Å². The van der Waals surface area contributed by atoms with E-state index in [0.29, 0.717) is 17.3 Å². The molecule has 0 fully saturated rings. The fourth-order valence-electron chi connectivity index (χ4n) is 4.85. The van der Waals surface area contributed by atoms with E-state index < -0.39 is 7.12 Å². The number of ether oxygens (including phenoxy) is 2. The minimum atomic E-state index is -1.54. The highest BCUT2D eigenvalue weighted by atomic mass is 16.5. The summed E-state index contributed by atoms with van der Waals surface area (Å²) in [4.78, 5) is 0. The highest BCUT2D eigenvalue weighted by Gasteiger charge is 2.15. The van der Waals surface area contributed by atoms with Gasteiger partial charge in [-0.3, -0.25) is 0 Å². The summed E-state index contributed by atoms with van der Waals surface area (Å²) in [6.45, 7) is 10.4. The second kappa shape index (κ2) is 16.4. The number of benzene rings is 3. The first-order valence-corrected chi connectivity index (χ1v) is 14.9. The number of unbranched alkanes of at least 4 members (excludes halogenated alkanes) is 2. The van der Waals surface area contributed by atoms with Crippen LogP contribution in [-0.4, -0.2) is 30.4 Å². The first-order valence-electron chi connectivity index (χ1n) is 14.9. The molecule has 4 nitrogen and oxygen atoms in total. The molecule has 3 rings (SSSR count). The first-order chi connectivity index (χ1) is 19.0. The molecular weight excluding hydrogens is 483 g/mol. The average molecular weight is 531 g/mol. The van der Waals surface area contributed by atoms with E-state index in [1.807, 2.05) is 60.7 Å². The van der Waals surface area contributed by atoms with Crippen molar-refractivity contribution in [3.63, 3.8) is 0 Å². The molecule has 210 valence electrons. The number of hydrogen-bond acceptors (Lipinski definition) is 4. The molecule has 2 atom stereocenters. The molecule has 2 N–H and O–H groups in total. The molecule has 0 radical (unpaired) electrons. The Bertz CT molecular complexity index is 1010. The maximum atomic E-state index is 9.98. The lowest BCUT2D eigenvalue weighted by Gasteiger charge is -2.16. The number of rotatable bonds is 17. The molecule has 0 aliphatic heterocycles. The van der Waals surface area contributed by atoms with Crippen LogP contribution in [0.2, 0.25) is 0 Å². The van der Waals surface area contributed by atoms with E-state index in [1.54, 1.807) is 0 Å². The third kappa shape index (κ3) is 9.74. The first kappa shape index (κ1) is 30.8. The van der Waals surface area contributed by atoms with Crippen LogP contribution < -0.4 is 14.9 Å². The zero-order chi connectivity index (χ0) is 28.0. The van der Waals surface area contributed by atoms with Crippen molar-refractivity contribution in [2.45, 2.75) is 79.1 Å². The van der Waals surface area contributed by atoms with Gasteiger partial charge in [-0.1, -0.05) is 103 Å². The van der Waals surface area contributed by atoms with Gasteiger partial charge < -0.3 is 19.5 Å². The molecule has 0 aliphatic rings. The molecule has 0 spiro atoms. The van der Waals surface area contributed by atoms with Gasteiger partial charge in [0.2, 0.25) is 0 Å². The molecule has 0 bridgehead atoms. The van der Waals surface area contributed by atoms with Crippen LogP contribution in [0.4, 0.5) is 0 Å². The van der Waals surface area contributed by atoms with Crippen LogP contribution in [0, 0.1) is 11.8 Å². The number of hydrogen-bond donors (Lipinski definition) is 2. The molecule has 0 aliphatic carbocycles. The Labute approximate surface area is 236 Å². The smallest absolute Gasteiger partial charge is 0.488 e. The lowest BCUT2D eigenvalue weighted by molar-refractivity contribution is 0.233. The van der Waals surface area contributed by atoms with Crippen LogP contribution in [0.25, 0.3) is 22.3 Å². The van der Waals surface area contributed by atoms with Gasteiger partial charge in [0.1, 0.15) is 11.5 Å². The minimum absolute atomic E-state index is 0.464. The molecule has 3 aromatic rings. The van der Waals surface area contributed by atoms with Crippen molar-refractivity contribution in [2.75, 3.05) is 13.2 Å². The van der Waals surface area contributed by atoms with Gasteiger partial charge in [-0.15, -0.1) is 0 Å². The standard InChI is InChI=1S/C34H47BO4/c1-5-9-11-26(7-3)24-38-33-17-13-28(14-18-33)30-21-31(23-32(22-30)35(36)37)29-15-19-34(20-16-29)39-25-27(8-4)12-10-6-2/h13-23,26-27,36-37H,5-12,24-25H2,1-4H3. The third-order valence-electron chi connectivity index (χ3n) is 7.69. The lowest BCUT2D eigenvalue weighted by Crippen LogP contribution is -2.29. The summed E-state index contributed by atoms with van der Waals surface area (Å²) in [7, 11) is -1.54. The summed E-state index contributed by atoms with van der Waals surface area (Å²) >= 11 is 0. The zero-order valence-corrected chi connectivity index (χ0v) is 24.4. The van der Waals surface area contributed by atoms with Crippen molar-refractivity contribution in [3.8, 4) is 33.8 Å². The summed E-state index contributed by atoms with van der Waals surface area (Å²) < 4.78 is 12.2. The Kier molecular flexibility index (Phi) is 12.9. The van der Waals surface area contributed by atoms with E-state index in [0.717, 1.165) is 59.8 Å². The largest absolute Gasteiger partial charge is 0.493 e. The highest BCUT2D eigenvalue weighted by molar-refractivity contribution is 6.58. The van der Waals surface area contributed by atoms with Crippen LogP contribution >= 0.6 is 0 Å². The van der Waals surface area contributed by atoms with Gasteiger partial charge in [0, 0.05) is 0 Å². The Morgan fingerprint density at radius 3 is 1.33 bits per heavy atom. The van der Waals surface area contributed by atoms with E-state index in [2.05, 4.69) is 33.8 Å². The zero-order valence-electron chi connectivity index (χ0n) is 24.4. The van der Waals surface area contributed by atoms with Gasteiger partial charge in [0.15, 0.2) is 0 Å². The monoisotopic (exact) mass is 530 g/mol. The Morgan fingerprint density at radius 2 is 1.00 bits per heavy atom. The summed E-state index contributed by atoms with van der Waals surface area (Å²) in [6.07, 6.45) is 9.57. The molecular formula is C34H47BO4. The van der Waals surface area contributed by atoms with E-state index in [4.69, 9.17) is 9.47 Å². The van der Waals surface area contributed by atoms with Crippen molar-refractivity contribution in [3.05, 3.63) is 66.7 Å². The Balaban J connectivity index is 1.73. The van der Waals surface area contributed by atoms with Gasteiger partial charge >= 0.3 is 7.12 Å². The molecule has 5 heteroatoms. The fourth-order valence-corrected chi connectivity index (χ4v) is 4.85. The quantitative estimate of drug-likeness (QED) is 0.174. The molecule has 0 amide bonds. The van der Waals surface area contributed by atoms with Crippen LogP contribution in [0.15, 0.2) is 66.7 Å². The molecule has 0 saturated heterocycles. The van der Waals surface area contributed by atoms with Crippen molar-refractivity contribution in [1.82, 2.24) is 0 Å². The van der Waals surface area contributed by atoms with Crippen molar-refractivity contribution in [1.29, 1.82) is 0 Å². The maximum absolute atomic E-state index is 9.98. The minimum Gasteiger partial charge on any atom is -0.493 e. The molecule has 3 aromatic carbocycles. The lowest BCUT2D eigenvalue weighted by atomic mass is 9.77. The van der Waals surface area contributed by atoms with Gasteiger partial charge in [0.05, 0.1) is 13.2 Å². The summed E-state index contributed by atoms with van der Waals surface area (Å²) in [5.41, 5.74) is 4.33. The van der Waals surface area contributed by atoms with Crippen molar-refractivity contribution in [2.24, 2.45) is 11.8 Å². The Morgan fingerprint density at radius 1 is 0.590 bits per heavy atom. The van der Waals surface area contributed by atoms with E-state index in [1.165, 1.54) is 38.5 Å². The summed E-state index contributed by atoms with van der Waals surface area (Å²) in [5.74, 6) is 2.90. The van der Waals surface area contributed by atoms with Gasteiger partial charge in [-0.2, -0.15) is 0 Å². The summed E-state index contributed by atoms with van der Waals surface area (Å²) in [6, 6.07) is 21.9. The van der Waals surface area contributed by atoms with E-state index in [-0.39, 0.29) is 0 Å². The molecule has 0 saturated carbocycles. The SMILES string of the molecule is CCCCC(CC)COc1ccc(-c2cc(B(O)O)cc(-c3ccc(OCC(CC)CCCC)cc3)c2)cc1. The fraction of sp³-hybridized carbons (Fsp3) is 0.471. The van der Waals surface area contributed by atoms with Crippen LogP contribution in [0.3, 0.4) is 0 Å². The molecule has 39 heavy (non-hydrogen) atoms. The second-order valence-corrected chi connectivity index (χ2v) is 10.7. The normalized spacial score (nSPS) is 12.7. The predicted octanol–water partition coefficient (Wildman–Crippen LogP) is 7.89.